The molecule has 0 spiro atoms. The van der Waals surface area contributed by atoms with E-state index in [9.17, 15) is 0 Å². The van der Waals surface area contributed by atoms with E-state index >= 15 is 0 Å². The van der Waals surface area contributed by atoms with Gasteiger partial charge in [0.05, 0.1) is 8.07 Å². The normalized spacial score (nSPS) is 22.1. The first-order valence-electron chi connectivity index (χ1n) is 6.21. The maximum absolute atomic E-state index is 2.68. The number of hydrogen-bond donors (Lipinski definition) is 0. The van der Waals surface area contributed by atoms with E-state index in [4.69, 9.17) is 0 Å². The fourth-order valence-electron chi connectivity index (χ4n) is 3.67. The maximum Gasteiger partial charge on any atom is 2.00 e. The van der Waals surface area contributed by atoms with Gasteiger partial charge in [-0.05, 0) is 11.1 Å². The van der Waals surface area contributed by atoms with Crippen LogP contribution in [0.3, 0.4) is 0 Å². The van der Waals surface area contributed by atoms with E-state index < -0.39 is 8.07 Å². The summed E-state index contributed by atoms with van der Waals surface area (Å²) >= 11 is 0. The van der Waals surface area contributed by atoms with Crippen LogP contribution in [0.15, 0.2) is 0 Å². The fraction of sp³-hybridized carbons (Fsp3) is 1.00. The van der Waals surface area contributed by atoms with Crippen molar-refractivity contribution in [1.82, 2.24) is 0 Å². The Kier molecular flexibility index (Phi) is 10.9. The third kappa shape index (κ3) is 4.41. The van der Waals surface area contributed by atoms with E-state index in [-0.39, 0.29) is 51.0 Å². The largest absolute Gasteiger partial charge is 2.00 e. The molecule has 0 N–H and O–H groups in total. The molecule has 94 valence electrons. The Labute approximate surface area is 134 Å². The molecule has 0 heterocycles. The van der Waals surface area contributed by atoms with Crippen molar-refractivity contribution in [3.05, 3.63) is 0 Å². The topological polar surface area (TPSA) is 0 Å². The number of rotatable bonds is 2. The average molecular weight is 359 g/mol. The molecule has 2 saturated carbocycles. The summed E-state index contributed by atoms with van der Waals surface area (Å²) in [5.41, 5.74) is 2.38. The zero-order chi connectivity index (χ0) is 9.31. The van der Waals surface area contributed by atoms with Crippen molar-refractivity contribution in [2.45, 2.75) is 75.5 Å². The Morgan fingerprint density at radius 3 is 1.19 bits per heavy atom. The van der Waals surface area contributed by atoms with E-state index in [2.05, 4.69) is 13.1 Å². The van der Waals surface area contributed by atoms with Gasteiger partial charge in [-0.1, -0.05) is 64.5 Å². The molecule has 0 saturated heterocycles. The summed E-state index contributed by atoms with van der Waals surface area (Å²) in [6.07, 6.45) is 12.5. The van der Waals surface area contributed by atoms with Crippen LogP contribution in [0.2, 0.25) is 24.2 Å². The van der Waals surface area contributed by atoms with Crippen LogP contribution in [0, 0.1) is 0 Å². The van der Waals surface area contributed by atoms with Crippen molar-refractivity contribution in [1.29, 1.82) is 0 Å². The summed E-state index contributed by atoms with van der Waals surface area (Å²) in [7, 11) is -0.837. The second-order valence-electron chi connectivity index (χ2n) is 5.78. The molecule has 2 rings (SSSR count). The van der Waals surface area contributed by atoms with Crippen LogP contribution in [0.5, 0.6) is 0 Å². The molecular weight excluding hydrogens is 334 g/mol. The van der Waals surface area contributed by atoms with Crippen molar-refractivity contribution in [2.75, 3.05) is 0 Å². The van der Waals surface area contributed by atoms with Gasteiger partial charge in [0.2, 0.25) is 0 Å². The van der Waals surface area contributed by atoms with Crippen LogP contribution in [0.4, 0.5) is 0 Å². The van der Waals surface area contributed by atoms with E-state index in [0.29, 0.717) is 0 Å². The van der Waals surface area contributed by atoms with Crippen molar-refractivity contribution >= 4 is 8.07 Å². The van der Waals surface area contributed by atoms with E-state index in [1.807, 2.05) is 0 Å². The van der Waals surface area contributed by atoms with Gasteiger partial charge in [0, 0.05) is 0 Å². The van der Waals surface area contributed by atoms with Gasteiger partial charge < -0.3 is 24.8 Å². The first-order valence-corrected chi connectivity index (χ1v) is 9.37. The van der Waals surface area contributed by atoms with Crippen LogP contribution >= 0.6 is 0 Å². The minimum Gasteiger partial charge on any atom is -1.00 e. The third-order valence-electron chi connectivity index (χ3n) is 4.81. The zero-order valence-corrected chi connectivity index (χ0v) is 15.5. The van der Waals surface area contributed by atoms with E-state index in [1.54, 1.807) is 25.7 Å². The summed E-state index contributed by atoms with van der Waals surface area (Å²) in [4.78, 5) is 0. The molecule has 0 aliphatic heterocycles. The standard InChI is InChI=1S/C12H24Si.2ClH.Zr/c1-13(2,11-7-3-4-8-11)12-9-5-6-10-12;;;/h11-12H,3-10H2,1-2H3;2*1H;/q;;;+2/p-2. The molecule has 0 unspecified atom stereocenters. The van der Waals surface area contributed by atoms with Gasteiger partial charge in [0.1, 0.15) is 0 Å². The Bertz CT molecular complexity index is 158. The van der Waals surface area contributed by atoms with Crippen molar-refractivity contribution < 1.29 is 51.0 Å². The quantitative estimate of drug-likeness (QED) is 0.532. The smallest absolute Gasteiger partial charge is 1.00 e. The van der Waals surface area contributed by atoms with Gasteiger partial charge in [0.15, 0.2) is 0 Å². The van der Waals surface area contributed by atoms with Gasteiger partial charge in [-0.3, -0.25) is 0 Å². The molecule has 4 heteroatoms. The molecule has 0 radical (unpaired) electrons. The minimum atomic E-state index is -0.837. The Hall–Kier alpha value is 1.68. The Morgan fingerprint density at radius 1 is 0.688 bits per heavy atom. The van der Waals surface area contributed by atoms with Crippen LogP contribution < -0.4 is 24.8 Å². The summed E-state index contributed by atoms with van der Waals surface area (Å²) < 4.78 is 0. The second-order valence-corrected chi connectivity index (χ2v) is 11.1. The van der Waals surface area contributed by atoms with Gasteiger partial charge in [-0.25, -0.2) is 0 Å². The fourth-order valence-corrected chi connectivity index (χ4v) is 8.13. The predicted molar refractivity (Wildman–Crippen MR) is 61.9 cm³/mol. The zero-order valence-electron chi connectivity index (χ0n) is 10.6. The number of hydrogen-bond acceptors (Lipinski definition) is 0. The molecule has 0 nitrogen and oxygen atoms in total. The molecule has 2 aliphatic rings. The van der Waals surface area contributed by atoms with Crippen molar-refractivity contribution in [3.63, 3.8) is 0 Å². The molecule has 0 bridgehead atoms. The van der Waals surface area contributed by atoms with Crippen LogP contribution in [0.1, 0.15) is 51.4 Å². The van der Waals surface area contributed by atoms with Gasteiger partial charge >= 0.3 is 26.2 Å². The second kappa shape index (κ2) is 8.73. The van der Waals surface area contributed by atoms with Crippen molar-refractivity contribution in [3.8, 4) is 0 Å². The van der Waals surface area contributed by atoms with Gasteiger partial charge in [-0.2, -0.15) is 0 Å². The first kappa shape index (κ1) is 20.0. The molecule has 16 heavy (non-hydrogen) atoms. The predicted octanol–water partition coefficient (Wildman–Crippen LogP) is -1.41. The van der Waals surface area contributed by atoms with Crippen LogP contribution in [-0.4, -0.2) is 8.07 Å². The van der Waals surface area contributed by atoms with Crippen molar-refractivity contribution in [2.24, 2.45) is 0 Å². The summed E-state index contributed by atoms with van der Waals surface area (Å²) in [6.45, 7) is 5.36. The molecule has 0 aromatic heterocycles. The van der Waals surface area contributed by atoms with E-state index in [1.165, 1.54) is 36.8 Å². The monoisotopic (exact) mass is 356 g/mol. The maximum atomic E-state index is 2.68. The SMILES string of the molecule is C[Si](C)(C1CCCC1)C1CCCC1.[Cl-].[Cl-].[Zr+2]. The van der Waals surface area contributed by atoms with Crippen LogP contribution in [0.25, 0.3) is 0 Å². The molecule has 2 fully saturated rings. The Balaban J connectivity index is 0. The molecule has 0 atom stereocenters. The van der Waals surface area contributed by atoms with Crippen LogP contribution in [-0.2, 0) is 26.2 Å². The summed E-state index contributed by atoms with van der Waals surface area (Å²) in [5, 5.41) is 0. The molecular formula is C12H24Cl2SiZr. The first-order chi connectivity index (χ1) is 6.21. The van der Waals surface area contributed by atoms with Gasteiger partial charge in [-0.15, -0.1) is 0 Å². The molecule has 2 aliphatic carbocycles. The third-order valence-corrected chi connectivity index (χ3v) is 10.2. The summed E-state index contributed by atoms with van der Waals surface area (Å²) in [6, 6.07) is 0. The molecule has 0 amide bonds. The van der Waals surface area contributed by atoms with Gasteiger partial charge in [0.25, 0.3) is 0 Å². The summed E-state index contributed by atoms with van der Waals surface area (Å²) in [5.74, 6) is 0. The molecule has 0 aromatic rings. The van der Waals surface area contributed by atoms with E-state index in [0.717, 1.165) is 0 Å². The molecule has 0 aromatic carbocycles. The number of halogens is 2. The minimum absolute atomic E-state index is 0. The average Bonchev–Trinajstić information content (AvgIpc) is 2.78. The Morgan fingerprint density at radius 2 is 0.938 bits per heavy atom.